The van der Waals surface area contributed by atoms with E-state index in [1.165, 1.54) is 23.1 Å². The molecule has 0 bridgehead atoms. The number of carbonyl (C=O) groups excluding carboxylic acids is 2. The molecule has 2 aliphatic rings. The first-order chi connectivity index (χ1) is 14.7. The van der Waals surface area contributed by atoms with Crippen LogP contribution in [-0.2, 0) is 20.8 Å². The minimum absolute atomic E-state index is 0.101. The third-order valence-corrected chi connectivity index (χ3v) is 6.64. The lowest BCUT2D eigenvalue weighted by Gasteiger charge is -2.28. The summed E-state index contributed by atoms with van der Waals surface area (Å²) in [5.74, 6) is -0.145. The summed E-state index contributed by atoms with van der Waals surface area (Å²) in [5.41, 5.74) is 0.886. The monoisotopic (exact) mass is 450 g/mol. The van der Waals surface area contributed by atoms with Gasteiger partial charge in [0.05, 0.1) is 30.9 Å². The normalized spacial score (nSPS) is 21.4. The van der Waals surface area contributed by atoms with Crippen molar-refractivity contribution in [3.8, 4) is 0 Å². The zero-order valence-corrected chi connectivity index (χ0v) is 18.0. The van der Waals surface area contributed by atoms with Gasteiger partial charge in [-0.05, 0) is 41.6 Å². The van der Waals surface area contributed by atoms with E-state index < -0.39 is 12.0 Å². The number of hydrogen-bond donors (Lipinski definition) is 2. The van der Waals surface area contributed by atoms with Crippen molar-refractivity contribution in [3.05, 3.63) is 33.7 Å². The van der Waals surface area contributed by atoms with Crippen LogP contribution in [0.1, 0.15) is 30.7 Å². The molecule has 10 nitrogen and oxygen atoms in total. The number of nitrogens with one attached hydrogen (secondary N) is 2. The summed E-state index contributed by atoms with van der Waals surface area (Å²) in [4.78, 5) is 25.9. The van der Waals surface area contributed by atoms with E-state index in [1.54, 1.807) is 11.6 Å². The molecule has 2 aromatic heterocycles. The molecule has 2 N–H and O–H groups in total. The standard InChI is InChI=1S/C18H22N6O4S2/c1-2-27-16(25)14-12(19-17(26)20-15(14)13-6-4-8-29-13)10-30-18-21-22-23-24(18)9-11-5-3-7-28-11/h4,6,8,11,15H,2-3,5,7,9-10H2,1H3,(H2,19,20,26)/t11-,15+/m0/s1. The summed E-state index contributed by atoms with van der Waals surface area (Å²) >= 11 is 2.82. The number of esters is 1. The van der Waals surface area contributed by atoms with E-state index in [-0.39, 0.29) is 18.7 Å². The number of thioether (sulfide) groups is 1. The largest absolute Gasteiger partial charge is 0.463 e. The first kappa shape index (κ1) is 20.8. The maximum Gasteiger partial charge on any atom is 0.338 e. The fourth-order valence-corrected chi connectivity index (χ4v) is 5.02. The second-order valence-corrected chi connectivity index (χ2v) is 8.65. The van der Waals surface area contributed by atoms with Crippen LogP contribution in [0.5, 0.6) is 0 Å². The van der Waals surface area contributed by atoms with Gasteiger partial charge in [-0.1, -0.05) is 17.8 Å². The molecule has 0 aliphatic carbocycles. The van der Waals surface area contributed by atoms with Crippen LogP contribution in [0.4, 0.5) is 4.79 Å². The van der Waals surface area contributed by atoms with Gasteiger partial charge in [0.15, 0.2) is 0 Å². The Kier molecular flexibility index (Phi) is 6.65. The number of nitrogens with zero attached hydrogens (tertiary/aromatic N) is 4. The smallest absolute Gasteiger partial charge is 0.338 e. The molecule has 2 aliphatic heterocycles. The zero-order valence-electron chi connectivity index (χ0n) is 16.4. The fraction of sp³-hybridized carbons (Fsp3) is 0.500. The van der Waals surface area contributed by atoms with E-state index in [0.29, 0.717) is 28.7 Å². The first-order valence-corrected chi connectivity index (χ1v) is 11.5. The van der Waals surface area contributed by atoms with E-state index in [0.717, 1.165) is 24.3 Å². The summed E-state index contributed by atoms with van der Waals surface area (Å²) in [6.07, 6.45) is 2.12. The first-order valence-electron chi connectivity index (χ1n) is 9.67. The summed E-state index contributed by atoms with van der Waals surface area (Å²) in [6, 6.07) is 2.84. The Bertz CT molecular complexity index is 923. The third-order valence-electron chi connectivity index (χ3n) is 4.72. The molecule has 0 radical (unpaired) electrons. The van der Waals surface area contributed by atoms with Gasteiger partial charge in [0, 0.05) is 22.9 Å². The Labute approximate surface area is 181 Å². The van der Waals surface area contributed by atoms with Crippen molar-refractivity contribution in [1.29, 1.82) is 0 Å². The molecular weight excluding hydrogens is 428 g/mol. The molecule has 160 valence electrons. The average molecular weight is 451 g/mol. The Morgan fingerprint density at radius 1 is 1.50 bits per heavy atom. The van der Waals surface area contributed by atoms with Crippen LogP contribution in [0.25, 0.3) is 0 Å². The van der Waals surface area contributed by atoms with Crippen LogP contribution in [0.2, 0.25) is 0 Å². The molecule has 1 fully saturated rings. The molecule has 0 spiro atoms. The van der Waals surface area contributed by atoms with E-state index in [4.69, 9.17) is 9.47 Å². The number of thiophene rings is 1. The molecule has 2 amide bonds. The summed E-state index contributed by atoms with van der Waals surface area (Å²) in [6.45, 7) is 3.33. The highest BCUT2D eigenvalue weighted by Gasteiger charge is 2.34. The number of ether oxygens (including phenoxy) is 2. The van der Waals surface area contributed by atoms with Crippen molar-refractivity contribution in [2.75, 3.05) is 19.0 Å². The Morgan fingerprint density at radius 3 is 3.13 bits per heavy atom. The minimum atomic E-state index is -0.559. The molecule has 2 atom stereocenters. The van der Waals surface area contributed by atoms with Gasteiger partial charge in [0.2, 0.25) is 5.16 Å². The van der Waals surface area contributed by atoms with Gasteiger partial charge < -0.3 is 20.1 Å². The summed E-state index contributed by atoms with van der Waals surface area (Å²) < 4.78 is 12.6. The summed E-state index contributed by atoms with van der Waals surface area (Å²) in [5, 5.41) is 20.0. The summed E-state index contributed by atoms with van der Waals surface area (Å²) in [7, 11) is 0. The molecule has 0 unspecified atom stereocenters. The second kappa shape index (κ2) is 9.58. The lowest BCUT2D eigenvalue weighted by Crippen LogP contribution is -2.46. The molecule has 4 heterocycles. The van der Waals surface area contributed by atoms with E-state index >= 15 is 0 Å². The average Bonchev–Trinajstić information content (AvgIpc) is 3.50. The van der Waals surface area contributed by atoms with Crippen molar-refractivity contribution in [2.45, 2.75) is 43.6 Å². The number of urea groups is 1. The maximum absolute atomic E-state index is 12.7. The lowest BCUT2D eigenvalue weighted by molar-refractivity contribution is -0.139. The van der Waals surface area contributed by atoms with Crippen LogP contribution in [0.3, 0.4) is 0 Å². The Balaban J connectivity index is 1.56. The molecule has 0 aromatic carbocycles. The second-order valence-electron chi connectivity index (χ2n) is 6.73. The fourth-order valence-electron chi connectivity index (χ4n) is 3.38. The zero-order chi connectivity index (χ0) is 20.9. The molecule has 2 aromatic rings. The Morgan fingerprint density at radius 2 is 2.40 bits per heavy atom. The minimum Gasteiger partial charge on any atom is -0.463 e. The number of carbonyl (C=O) groups is 2. The molecule has 12 heteroatoms. The van der Waals surface area contributed by atoms with Gasteiger partial charge in [0.25, 0.3) is 0 Å². The van der Waals surface area contributed by atoms with Crippen LogP contribution in [-0.4, -0.2) is 57.3 Å². The van der Waals surface area contributed by atoms with Crippen LogP contribution in [0, 0.1) is 0 Å². The van der Waals surface area contributed by atoms with Crippen molar-refractivity contribution < 1.29 is 19.1 Å². The molecule has 0 saturated carbocycles. The van der Waals surface area contributed by atoms with E-state index in [1.807, 2.05) is 17.5 Å². The highest BCUT2D eigenvalue weighted by Crippen LogP contribution is 2.32. The lowest BCUT2D eigenvalue weighted by atomic mass is 10.0. The highest BCUT2D eigenvalue weighted by molar-refractivity contribution is 7.99. The van der Waals surface area contributed by atoms with Crippen LogP contribution >= 0.6 is 23.1 Å². The van der Waals surface area contributed by atoms with Gasteiger partial charge in [-0.3, -0.25) is 0 Å². The molecule has 30 heavy (non-hydrogen) atoms. The SMILES string of the molecule is CCOC(=O)C1=C(CSc2nnnn2C[C@@H]2CCCO2)NC(=O)N[C@@H]1c1cccs1. The third kappa shape index (κ3) is 4.65. The van der Waals surface area contributed by atoms with Crippen molar-refractivity contribution in [1.82, 2.24) is 30.8 Å². The van der Waals surface area contributed by atoms with Crippen molar-refractivity contribution >= 4 is 35.1 Å². The maximum atomic E-state index is 12.7. The van der Waals surface area contributed by atoms with Gasteiger partial charge in [-0.25, -0.2) is 14.3 Å². The van der Waals surface area contributed by atoms with Crippen molar-refractivity contribution in [3.63, 3.8) is 0 Å². The van der Waals surface area contributed by atoms with E-state index in [9.17, 15) is 9.59 Å². The topological polar surface area (TPSA) is 120 Å². The number of rotatable bonds is 8. The Hall–Kier alpha value is -2.44. The predicted octanol–water partition coefficient (Wildman–Crippen LogP) is 1.88. The van der Waals surface area contributed by atoms with Crippen LogP contribution in [0.15, 0.2) is 33.9 Å². The van der Waals surface area contributed by atoms with E-state index in [2.05, 4.69) is 26.2 Å². The van der Waals surface area contributed by atoms with Crippen LogP contribution < -0.4 is 10.6 Å². The molecule has 1 saturated heterocycles. The molecular formula is C18H22N6O4S2. The molecule has 4 rings (SSSR count). The quantitative estimate of drug-likeness (QED) is 0.462. The van der Waals surface area contributed by atoms with Crippen molar-refractivity contribution in [2.24, 2.45) is 0 Å². The number of tetrazole rings is 1. The number of amides is 2. The number of aromatic nitrogens is 4. The van der Waals surface area contributed by atoms with Gasteiger partial charge in [-0.2, -0.15) is 0 Å². The van der Waals surface area contributed by atoms with Gasteiger partial charge >= 0.3 is 12.0 Å². The van der Waals surface area contributed by atoms with Gasteiger partial charge in [0.1, 0.15) is 0 Å². The highest BCUT2D eigenvalue weighted by atomic mass is 32.2. The van der Waals surface area contributed by atoms with Gasteiger partial charge in [-0.15, -0.1) is 16.4 Å². The number of hydrogen-bond acceptors (Lipinski definition) is 9. The predicted molar refractivity (Wildman–Crippen MR) is 110 cm³/mol.